The minimum atomic E-state index is -0.225. The van der Waals surface area contributed by atoms with Gasteiger partial charge in [-0.1, -0.05) is 11.6 Å². The lowest BCUT2D eigenvalue weighted by atomic mass is 9.75. The van der Waals surface area contributed by atoms with Gasteiger partial charge >= 0.3 is 0 Å². The maximum Gasteiger partial charge on any atom is 0.230 e. The average Bonchev–Trinajstić information content (AvgIpc) is 3.19. The molecule has 1 amide bonds. The van der Waals surface area contributed by atoms with Crippen molar-refractivity contribution >= 4 is 29.0 Å². The standard InChI is InChI=1S/C19H20ClN3O2/c1-10-8-12(2-3-13(10)20)23-19(24)18-15-5-4-14(25-15)17(18)11-6-7-22-16(21)9-11/h2-3,6-9,14-15,17-18H,4-5H2,1H3,(H2,21,22)(H,23,24)/t14-,15+,17-,18-/m0/s1. The Labute approximate surface area is 151 Å². The molecular formula is C19H20ClN3O2. The molecule has 2 bridgehead atoms. The molecule has 0 radical (unpaired) electrons. The summed E-state index contributed by atoms with van der Waals surface area (Å²) in [7, 11) is 0. The summed E-state index contributed by atoms with van der Waals surface area (Å²) >= 11 is 6.06. The number of halogens is 1. The van der Waals surface area contributed by atoms with E-state index in [0.29, 0.717) is 10.8 Å². The molecule has 0 unspecified atom stereocenters. The van der Waals surface area contributed by atoms with E-state index in [1.165, 1.54) is 0 Å². The lowest BCUT2D eigenvalue weighted by molar-refractivity contribution is -0.121. The Kier molecular flexibility index (Phi) is 4.13. The van der Waals surface area contributed by atoms with E-state index in [4.69, 9.17) is 22.1 Å². The number of carbonyl (C=O) groups is 1. The fourth-order valence-corrected chi connectivity index (χ4v) is 4.17. The van der Waals surface area contributed by atoms with Gasteiger partial charge in [0.1, 0.15) is 5.82 Å². The van der Waals surface area contributed by atoms with Crippen molar-refractivity contribution in [1.82, 2.24) is 4.98 Å². The van der Waals surface area contributed by atoms with E-state index in [9.17, 15) is 4.79 Å². The van der Waals surface area contributed by atoms with E-state index in [1.54, 1.807) is 12.3 Å². The minimum absolute atomic E-state index is 0.0115. The molecule has 2 aromatic rings. The lowest BCUT2D eigenvalue weighted by Crippen LogP contribution is -2.36. The number of benzene rings is 1. The Bertz CT molecular complexity index is 826. The predicted molar refractivity (Wildman–Crippen MR) is 97.6 cm³/mol. The van der Waals surface area contributed by atoms with E-state index >= 15 is 0 Å². The maximum absolute atomic E-state index is 13.0. The Morgan fingerprint density at radius 3 is 2.84 bits per heavy atom. The molecule has 2 fully saturated rings. The first-order chi connectivity index (χ1) is 12.0. The highest BCUT2D eigenvalue weighted by Gasteiger charge is 2.52. The van der Waals surface area contributed by atoms with Gasteiger partial charge in [0, 0.05) is 22.8 Å². The molecule has 4 rings (SSSR count). The predicted octanol–water partition coefficient (Wildman–Crippen LogP) is 3.53. The molecular weight excluding hydrogens is 338 g/mol. The van der Waals surface area contributed by atoms with Gasteiger partial charge in [-0.05, 0) is 61.2 Å². The second-order valence-corrected chi connectivity index (χ2v) is 7.22. The minimum Gasteiger partial charge on any atom is -0.384 e. The first kappa shape index (κ1) is 16.4. The zero-order valence-corrected chi connectivity index (χ0v) is 14.7. The third-order valence-corrected chi connectivity index (χ3v) is 5.62. The number of aryl methyl sites for hydroxylation is 1. The molecule has 130 valence electrons. The van der Waals surface area contributed by atoms with Gasteiger partial charge in [0.2, 0.25) is 5.91 Å². The Morgan fingerprint density at radius 2 is 2.08 bits per heavy atom. The van der Waals surface area contributed by atoms with Crippen LogP contribution in [0.25, 0.3) is 0 Å². The van der Waals surface area contributed by atoms with E-state index in [0.717, 1.165) is 29.7 Å². The Morgan fingerprint density at radius 1 is 1.28 bits per heavy atom. The molecule has 3 heterocycles. The Balaban J connectivity index is 1.60. The number of pyridine rings is 1. The van der Waals surface area contributed by atoms with Crippen molar-refractivity contribution in [3.8, 4) is 0 Å². The first-order valence-electron chi connectivity index (χ1n) is 8.47. The van der Waals surface area contributed by atoms with Gasteiger partial charge in [-0.2, -0.15) is 0 Å². The third-order valence-electron chi connectivity index (χ3n) is 5.19. The molecule has 4 atom stereocenters. The highest BCUT2D eigenvalue weighted by Crippen LogP contribution is 2.49. The summed E-state index contributed by atoms with van der Waals surface area (Å²) in [4.78, 5) is 17.1. The van der Waals surface area contributed by atoms with Gasteiger partial charge in [0.25, 0.3) is 0 Å². The van der Waals surface area contributed by atoms with Crippen LogP contribution in [0.4, 0.5) is 11.5 Å². The van der Waals surface area contributed by atoms with Crippen LogP contribution in [0.1, 0.15) is 29.9 Å². The number of nitrogens with zero attached hydrogens (tertiary/aromatic N) is 1. The number of carbonyl (C=O) groups excluding carboxylic acids is 1. The molecule has 2 saturated heterocycles. The van der Waals surface area contributed by atoms with Crippen LogP contribution in [0.2, 0.25) is 5.02 Å². The van der Waals surface area contributed by atoms with E-state index in [-0.39, 0.29) is 30.0 Å². The smallest absolute Gasteiger partial charge is 0.230 e. The van der Waals surface area contributed by atoms with Crippen LogP contribution >= 0.6 is 11.6 Å². The quantitative estimate of drug-likeness (QED) is 0.881. The maximum atomic E-state index is 13.0. The second-order valence-electron chi connectivity index (χ2n) is 6.81. The molecule has 2 aliphatic rings. The zero-order valence-electron chi connectivity index (χ0n) is 13.9. The molecule has 0 aliphatic carbocycles. The van der Waals surface area contributed by atoms with Crippen LogP contribution in [0.3, 0.4) is 0 Å². The van der Waals surface area contributed by atoms with Gasteiger partial charge in [-0.3, -0.25) is 4.79 Å². The fourth-order valence-electron chi connectivity index (χ4n) is 4.05. The van der Waals surface area contributed by atoms with Crippen molar-refractivity contribution in [3.63, 3.8) is 0 Å². The second kappa shape index (κ2) is 6.32. The summed E-state index contributed by atoms with van der Waals surface area (Å²) in [5.74, 6) is 0.232. The van der Waals surface area contributed by atoms with Crippen LogP contribution in [-0.4, -0.2) is 23.1 Å². The third kappa shape index (κ3) is 2.98. The molecule has 25 heavy (non-hydrogen) atoms. The van der Waals surface area contributed by atoms with Gasteiger partial charge in [-0.25, -0.2) is 4.98 Å². The molecule has 6 heteroatoms. The van der Waals surface area contributed by atoms with Crippen molar-refractivity contribution in [3.05, 3.63) is 52.7 Å². The topological polar surface area (TPSA) is 77.2 Å². The van der Waals surface area contributed by atoms with Crippen molar-refractivity contribution < 1.29 is 9.53 Å². The van der Waals surface area contributed by atoms with E-state index in [2.05, 4.69) is 10.3 Å². The van der Waals surface area contributed by atoms with E-state index in [1.807, 2.05) is 31.2 Å². The summed E-state index contributed by atoms with van der Waals surface area (Å²) in [6, 6.07) is 9.28. The summed E-state index contributed by atoms with van der Waals surface area (Å²) in [6.45, 7) is 1.92. The van der Waals surface area contributed by atoms with E-state index < -0.39 is 0 Å². The van der Waals surface area contributed by atoms with Crippen LogP contribution in [0, 0.1) is 12.8 Å². The number of rotatable bonds is 3. The number of aromatic nitrogens is 1. The number of amides is 1. The number of hydrogen-bond donors (Lipinski definition) is 2. The number of anilines is 2. The van der Waals surface area contributed by atoms with Crippen LogP contribution < -0.4 is 11.1 Å². The van der Waals surface area contributed by atoms with Crippen molar-refractivity contribution in [2.45, 2.75) is 37.9 Å². The number of ether oxygens (including phenoxy) is 1. The number of nitrogen functional groups attached to an aromatic ring is 1. The molecule has 1 aromatic carbocycles. The van der Waals surface area contributed by atoms with Gasteiger partial charge in [0.05, 0.1) is 18.1 Å². The Hall–Kier alpha value is -2.11. The summed E-state index contributed by atoms with van der Waals surface area (Å²) in [5, 5.41) is 3.71. The van der Waals surface area contributed by atoms with Gasteiger partial charge < -0.3 is 15.8 Å². The number of nitrogens with one attached hydrogen (secondary N) is 1. The highest BCUT2D eigenvalue weighted by molar-refractivity contribution is 6.31. The molecule has 0 saturated carbocycles. The molecule has 5 nitrogen and oxygen atoms in total. The van der Waals surface area contributed by atoms with Crippen molar-refractivity contribution in [2.24, 2.45) is 5.92 Å². The molecule has 0 spiro atoms. The normalized spacial score (nSPS) is 27.4. The molecule has 3 N–H and O–H groups in total. The largest absolute Gasteiger partial charge is 0.384 e. The van der Waals surface area contributed by atoms with Crippen molar-refractivity contribution in [1.29, 1.82) is 0 Å². The molecule has 2 aliphatic heterocycles. The number of fused-ring (bicyclic) bond motifs is 2. The monoisotopic (exact) mass is 357 g/mol. The van der Waals surface area contributed by atoms with Gasteiger partial charge in [0.15, 0.2) is 0 Å². The van der Waals surface area contributed by atoms with Gasteiger partial charge in [-0.15, -0.1) is 0 Å². The van der Waals surface area contributed by atoms with Crippen molar-refractivity contribution in [2.75, 3.05) is 11.1 Å². The summed E-state index contributed by atoms with van der Waals surface area (Å²) in [6.07, 6.45) is 3.60. The number of hydrogen-bond acceptors (Lipinski definition) is 4. The number of nitrogens with two attached hydrogens (primary N) is 1. The molecule has 1 aromatic heterocycles. The fraction of sp³-hybridized carbons (Fsp3) is 0.368. The lowest BCUT2D eigenvalue weighted by Gasteiger charge is -2.27. The first-order valence-corrected chi connectivity index (χ1v) is 8.84. The average molecular weight is 358 g/mol. The SMILES string of the molecule is Cc1cc(NC(=O)[C@@H]2[C@@H](c3ccnc(N)c3)[C@@H]3CC[C@H]2O3)ccc1Cl. The summed E-state index contributed by atoms with van der Waals surface area (Å²) < 4.78 is 6.05. The summed E-state index contributed by atoms with van der Waals surface area (Å²) in [5.41, 5.74) is 8.54. The van der Waals surface area contributed by atoms with Crippen LogP contribution in [0.15, 0.2) is 36.5 Å². The zero-order chi connectivity index (χ0) is 17.6. The highest BCUT2D eigenvalue weighted by atomic mass is 35.5. The van der Waals surface area contributed by atoms with Crippen LogP contribution in [-0.2, 0) is 9.53 Å². The van der Waals surface area contributed by atoms with Crippen LogP contribution in [0.5, 0.6) is 0 Å².